The van der Waals surface area contributed by atoms with Crippen molar-refractivity contribution in [2.24, 2.45) is 10.8 Å². The third-order valence-corrected chi connectivity index (χ3v) is 7.83. The molecule has 184 valence electrons. The van der Waals surface area contributed by atoms with E-state index in [2.05, 4.69) is 21.8 Å². The summed E-state index contributed by atoms with van der Waals surface area (Å²) in [5.74, 6) is 5.61. The Balaban J connectivity index is 1.46. The minimum Gasteiger partial charge on any atom is -0.490 e. The fraction of sp³-hybridized carbons (Fsp3) is 0.500. The SMILES string of the molecule is CC[C@H]1c2cncc(C#Cc3cncc(F)c3)c2OCCN1C(=O)C12CCC(C(F)(F)F)(CC1)C2. The summed E-state index contributed by atoms with van der Waals surface area (Å²) in [5.41, 5.74) is -1.13. The van der Waals surface area contributed by atoms with Crippen LogP contribution in [0.5, 0.6) is 5.75 Å². The molecule has 0 aromatic carbocycles. The molecule has 3 heterocycles. The lowest BCUT2D eigenvalue weighted by Gasteiger charge is -2.36. The van der Waals surface area contributed by atoms with Crippen LogP contribution in [0.1, 0.15) is 68.2 Å². The van der Waals surface area contributed by atoms with Crippen LogP contribution in [0.15, 0.2) is 30.9 Å². The molecule has 0 spiro atoms. The molecule has 9 heteroatoms. The van der Waals surface area contributed by atoms with E-state index < -0.39 is 22.8 Å². The van der Waals surface area contributed by atoms with Gasteiger partial charge >= 0.3 is 6.18 Å². The molecular formula is C26H25F4N3O2. The van der Waals surface area contributed by atoms with E-state index in [0.717, 1.165) is 6.20 Å². The zero-order valence-corrected chi connectivity index (χ0v) is 19.3. The van der Waals surface area contributed by atoms with Gasteiger partial charge in [0.2, 0.25) is 5.91 Å². The van der Waals surface area contributed by atoms with Crippen LogP contribution in [0.4, 0.5) is 17.6 Å². The second-order valence-electron chi connectivity index (χ2n) is 9.75. The number of alkyl halides is 3. The second-order valence-corrected chi connectivity index (χ2v) is 9.75. The summed E-state index contributed by atoms with van der Waals surface area (Å²) in [6.07, 6.45) is 2.39. The Morgan fingerprint density at radius 1 is 1.14 bits per heavy atom. The maximum atomic E-state index is 13.8. The van der Waals surface area contributed by atoms with E-state index in [-0.39, 0.29) is 57.2 Å². The van der Waals surface area contributed by atoms with Crippen molar-refractivity contribution >= 4 is 5.91 Å². The van der Waals surface area contributed by atoms with Crippen LogP contribution in [0.3, 0.4) is 0 Å². The maximum absolute atomic E-state index is 13.8. The minimum atomic E-state index is -4.29. The van der Waals surface area contributed by atoms with Crippen molar-refractivity contribution < 1.29 is 27.1 Å². The monoisotopic (exact) mass is 487 g/mol. The van der Waals surface area contributed by atoms with Crippen molar-refractivity contribution in [3.63, 3.8) is 0 Å². The molecule has 35 heavy (non-hydrogen) atoms. The molecule has 0 unspecified atom stereocenters. The standard InChI is InChI=1S/C26H25F4N3O2/c1-2-21-20-15-32-13-18(4-3-17-11-19(27)14-31-12-17)22(20)35-10-9-33(21)23(34)24-5-7-25(16-24,8-6-24)26(28,29)30/h11-15,21H,2,5-10,16H2,1H3/t21-,24?,25?/m0/s1. The van der Waals surface area contributed by atoms with Gasteiger partial charge in [-0.25, -0.2) is 4.39 Å². The van der Waals surface area contributed by atoms with Crippen LogP contribution >= 0.6 is 0 Å². The molecular weight excluding hydrogens is 462 g/mol. The first-order chi connectivity index (χ1) is 16.7. The van der Waals surface area contributed by atoms with E-state index in [0.29, 0.717) is 28.9 Å². The number of ether oxygens (including phenoxy) is 1. The van der Waals surface area contributed by atoms with Gasteiger partial charge in [0.15, 0.2) is 0 Å². The number of carbonyl (C=O) groups is 1. The van der Waals surface area contributed by atoms with Crippen molar-refractivity contribution in [3.8, 4) is 17.6 Å². The van der Waals surface area contributed by atoms with Gasteiger partial charge in [-0.2, -0.15) is 13.2 Å². The van der Waals surface area contributed by atoms with Gasteiger partial charge in [0.05, 0.1) is 35.2 Å². The Kier molecular flexibility index (Phi) is 5.73. The molecule has 3 aliphatic rings. The van der Waals surface area contributed by atoms with Crippen LogP contribution in [-0.2, 0) is 4.79 Å². The molecule has 0 radical (unpaired) electrons. The molecule has 2 aromatic heterocycles. The summed E-state index contributed by atoms with van der Waals surface area (Å²) in [7, 11) is 0. The highest BCUT2D eigenvalue weighted by atomic mass is 19.4. The van der Waals surface area contributed by atoms with Gasteiger partial charge in [-0.05, 0) is 44.6 Å². The summed E-state index contributed by atoms with van der Waals surface area (Å²) < 4.78 is 60.8. The maximum Gasteiger partial charge on any atom is 0.394 e. The molecule has 5 rings (SSSR count). The zero-order valence-electron chi connectivity index (χ0n) is 19.3. The first-order valence-electron chi connectivity index (χ1n) is 11.8. The van der Waals surface area contributed by atoms with Gasteiger partial charge in [0, 0.05) is 29.7 Å². The molecule has 2 saturated carbocycles. The van der Waals surface area contributed by atoms with Crippen LogP contribution in [-0.4, -0.2) is 40.1 Å². The van der Waals surface area contributed by atoms with Gasteiger partial charge in [0.1, 0.15) is 18.2 Å². The van der Waals surface area contributed by atoms with E-state index in [1.54, 1.807) is 17.3 Å². The largest absolute Gasteiger partial charge is 0.490 e. The van der Waals surface area contributed by atoms with Crippen LogP contribution in [0.25, 0.3) is 0 Å². The Labute approximate surface area is 200 Å². The molecule has 1 aliphatic heterocycles. The zero-order chi connectivity index (χ0) is 24.8. The van der Waals surface area contributed by atoms with Gasteiger partial charge in [-0.3, -0.25) is 14.8 Å². The number of aromatic nitrogens is 2. The highest BCUT2D eigenvalue weighted by Gasteiger charge is 2.68. The number of rotatable bonds is 2. The number of hydrogen-bond acceptors (Lipinski definition) is 4. The van der Waals surface area contributed by atoms with Crippen molar-refractivity contribution in [1.82, 2.24) is 14.9 Å². The highest BCUT2D eigenvalue weighted by molar-refractivity contribution is 5.84. The number of nitrogens with zero attached hydrogens (tertiary/aromatic N) is 3. The first kappa shape index (κ1) is 23.6. The van der Waals surface area contributed by atoms with E-state index in [1.807, 2.05) is 6.92 Å². The van der Waals surface area contributed by atoms with Crippen molar-refractivity contribution in [3.05, 3.63) is 53.4 Å². The molecule has 5 nitrogen and oxygen atoms in total. The number of hydrogen-bond donors (Lipinski definition) is 0. The Morgan fingerprint density at radius 2 is 1.89 bits per heavy atom. The second kappa shape index (κ2) is 8.51. The van der Waals surface area contributed by atoms with Crippen molar-refractivity contribution in [2.75, 3.05) is 13.2 Å². The summed E-state index contributed by atoms with van der Waals surface area (Å²) in [5, 5.41) is 0. The number of carbonyl (C=O) groups excluding carboxylic acids is 1. The van der Waals surface area contributed by atoms with Gasteiger partial charge in [-0.1, -0.05) is 18.8 Å². The quantitative estimate of drug-likeness (QED) is 0.432. The number of fused-ring (bicyclic) bond motifs is 3. The average molecular weight is 487 g/mol. The highest BCUT2D eigenvalue weighted by Crippen LogP contribution is 2.68. The molecule has 0 N–H and O–H groups in total. The predicted octanol–water partition coefficient (Wildman–Crippen LogP) is 5.20. The van der Waals surface area contributed by atoms with Gasteiger partial charge < -0.3 is 9.64 Å². The van der Waals surface area contributed by atoms with Crippen LogP contribution in [0, 0.1) is 28.5 Å². The number of amides is 1. The smallest absolute Gasteiger partial charge is 0.394 e. The van der Waals surface area contributed by atoms with E-state index in [1.165, 1.54) is 12.3 Å². The number of pyridine rings is 2. The fourth-order valence-electron chi connectivity index (χ4n) is 6.01. The lowest BCUT2D eigenvalue weighted by atomic mass is 9.80. The van der Waals surface area contributed by atoms with E-state index in [4.69, 9.17) is 4.74 Å². The Morgan fingerprint density at radius 3 is 2.54 bits per heavy atom. The Hall–Kier alpha value is -3.15. The summed E-state index contributed by atoms with van der Waals surface area (Å²) >= 11 is 0. The molecule has 1 atom stereocenters. The van der Waals surface area contributed by atoms with Crippen LogP contribution in [0.2, 0.25) is 0 Å². The normalized spacial score (nSPS) is 27.5. The number of halogens is 4. The third kappa shape index (κ3) is 3.93. The summed E-state index contributed by atoms with van der Waals surface area (Å²) in [6, 6.07) is 0.884. The Bertz CT molecular complexity index is 1210. The summed E-state index contributed by atoms with van der Waals surface area (Å²) in [4.78, 5) is 23.6. The van der Waals surface area contributed by atoms with Gasteiger partial charge in [-0.15, -0.1) is 0 Å². The van der Waals surface area contributed by atoms with Crippen molar-refractivity contribution in [1.29, 1.82) is 0 Å². The van der Waals surface area contributed by atoms with Gasteiger partial charge in [0.25, 0.3) is 0 Å². The third-order valence-electron chi connectivity index (χ3n) is 7.83. The molecule has 2 fully saturated rings. The van der Waals surface area contributed by atoms with E-state index in [9.17, 15) is 22.4 Å². The molecule has 2 aliphatic carbocycles. The molecule has 1 amide bonds. The predicted molar refractivity (Wildman–Crippen MR) is 119 cm³/mol. The lowest BCUT2D eigenvalue weighted by molar-refractivity contribution is -0.220. The molecule has 2 bridgehead atoms. The lowest BCUT2D eigenvalue weighted by Crippen LogP contribution is -2.44. The average Bonchev–Trinajstić information content (AvgIpc) is 3.36. The minimum absolute atomic E-state index is 0.0101. The van der Waals surface area contributed by atoms with Crippen molar-refractivity contribution in [2.45, 2.75) is 57.7 Å². The molecule has 2 aromatic rings. The molecule has 0 saturated heterocycles. The topological polar surface area (TPSA) is 55.3 Å². The summed E-state index contributed by atoms with van der Waals surface area (Å²) in [6.45, 7) is 2.39. The van der Waals surface area contributed by atoms with Crippen LogP contribution < -0.4 is 4.74 Å². The van der Waals surface area contributed by atoms with E-state index >= 15 is 0 Å². The fourth-order valence-corrected chi connectivity index (χ4v) is 6.01. The first-order valence-corrected chi connectivity index (χ1v) is 11.8.